The number of aryl methyl sites for hydroxylation is 3. The Bertz CT molecular complexity index is 1090. The SMILES string of the molecule is Cc1cc(CCC#N)cc(C)c1Oc1nnc(Cl)c(Nc2ccc(C#N)cc2)n1. The van der Waals surface area contributed by atoms with Gasteiger partial charge in [0.2, 0.25) is 0 Å². The molecule has 144 valence electrons. The van der Waals surface area contributed by atoms with Crippen molar-refractivity contribution in [1.82, 2.24) is 15.2 Å². The fourth-order valence-electron chi connectivity index (χ4n) is 2.82. The number of nitrogens with one attached hydrogen (secondary N) is 1. The van der Waals surface area contributed by atoms with Crippen LogP contribution in [-0.4, -0.2) is 15.2 Å². The summed E-state index contributed by atoms with van der Waals surface area (Å²) in [5.74, 6) is 0.932. The first kappa shape index (κ1) is 20.1. The largest absolute Gasteiger partial charge is 0.423 e. The highest BCUT2D eigenvalue weighted by Crippen LogP contribution is 2.30. The number of ether oxygens (including phenoxy) is 1. The van der Waals surface area contributed by atoms with Crippen LogP contribution in [0.1, 0.15) is 28.7 Å². The van der Waals surface area contributed by atoms with Gasteiger partial charge in [-0.3, -0.25) is 0 Å². The smallest absolute Gasteiger partial charge is 0.343 e. The van der Waals surface area contributed by atoms with Crippen LogP contribution in [-0.2, 0) is 6.42 Å². The van der Waals surface area contributed by atoms with E-state index in [9.17, 15) is 0 Å². The number of anilines is 2. The van der Waals surface area contributed by atoms with E-state index in [-0.39, 0.29) is 11.2 Å². The zero-order chi connectivity index (χ0) is 20.8. The standard InChI is InChI=1S/C21H17ClN6O/c1-13-10-16(4-3-9-23)11-14(2)18(13)29-21-26-20(19(22)27-28-21)25-17-7-5-15(12-24)6-8-17/h5-8,10-11H,3-4H2,1-2H3,(H,25,26,28). The topological polar surface area (TPSA) is 108 Å². The fraction of sp³-hybridized carbons (Fsp3) is 0.190. The van der Waals surface area contributed by atoms with Crippen LogP contribution in [0.25, 0.3) is 0 Å². The molecule has 7 nitrogen and oxygen atoms in total. The second kappa shape index (κ2) is 9.01. The number of benzene rings is 2. The van der Waals surface area contributed by atoms with E-state index in [1.165, 1.54) is 0 Å². The number of rotatable bonds is 6. The molecule has 1 heterocycles. The van der Waals surface area contributed by atoms with Gasteiger partial charge in [-0.15, -0.1) is 5.10 Å². The number of aromatic nitrogens is 3. The summed E-state index contributed by atoms with van der Waals surface area (Å²) in [5.41, 5.74) is 4.16. The first-order chi connectivity index (χ1) is 14.0. The van der Waals surface area contributed by atoms with Gasteiger partial charge in [-0.05, 0) is 61.2 Å². The first-order valence-corrected chi connectivity index (χ1v) is 9.20. The molecule has 0 aliphatic heterocycles. The number of nitrogens with zero attached hydrogens (tertiary/aromatic N) is 5. The maximum Gasteiger partial charge on any atom is 0.343 e. The Morgan fingerprint density at radius 2 is 1.76 bits per heavy atom. The Morgan fingerprint density at radius 1 is 1.07 bits per heavy atom. The van der Waals surface area contributed by atoms with Crippen LogP contribution >= 0.6 is 11.6 Å². The lowest BCUT2D eigenvalue weighted by molar-refractivity contribution is 0.428. The summed E-state index contributed by atoms with van der Waals surface area (Å²) in [4.78, 5) is 4.31. The van der Waals surface area contributed by atoms with Crippen molar-refractivity contribution in [2.75, 3.05) is 5.32 Å². The Morgan fingerprint density at radius 3 is 2.38 bits per heavy atom. The van der Waals surface area contributed by atoms with E-state index in [1.807, 2.05) is 26.0 Å². The molecule has 0 saturated carbocycles. The van der Waals surface area contributed by atoms with Crippen molar-refractivity contribution in [3.05, 3.63) is 63.8 Å². The Labute approximate surface area is 173 Å². The molecular weight excluding hydrogens is 388 g/mol. The van der Waals surface area contributed by atoms with Gasteiger partial charge in [-0.2, -0.15) is 15.5 Å². The van der Waals surface area contributed by atoms with Crippen molar-refractivity contribution in [2.45, 2.75) is 26.7 Å². The van der Waals surface area contributed by atoms with Gasteiger partial charge in [-0.1, -0.05) is 28.8 Å². The molecule has 0 aliphatic carbocycles. The number of hydrogen-bond acceptors (Lipinski definition) is 7. The van der Waals surface area contributed by atoms with Crippen LogP contribution in [0.15, 0.2) is 36.4 Å². The monoisotopic (exact) mass is 404 g/mol. The van der Waals surface area contributed by atoms with Crippen molar-refractivity contribution < 1.29 is 4.74 Å². The lowest BCUT2D eigenvalue weighted by atomic mass is 10.0. The number of halogens is 1. The lowest BCUT2D eigenvalue weighted by Gasteiger charge is -2.13. The van der Waals surface area contributed by atoms with Crippen LogP contribution in [0.3, 0.4) is 0 Å². The molecule has 0 fully saturated rings. The molecular formula is C21H17ClN6O. The molecule has 0 radical (unpaired) electrons. The highest BCUT2D eigenvalue weighted by atomic mass is 35.5. The first-order valence-electron chi connectivity index (χ1n) is 8.82. The maximum atomic E-state index is 8.89. The third-order valence-corrected chi connectivity index (χ3v) is 4.40. The van der Waals surface area contributed by atoms with Crippen molar-refractivity contribution >= 4 is 23.1 Å². The molecule has 3 rings (SSSR count). The van der Waals surface area contributed by atoms with Crippen LogP contribution in [0.2, 0.25) is 5.15 Å². The van der Waals surface area contributed by atoms with E-state index in [0.717, 1.165) is 16.7 Å². The fourth-order valence-corrected chi connectivity index (χ4v) is 2.95. The highest BCUT2D eigenvalue weighted by Gasteiger charge is 2.13. The van der Waals surface area contributed by atoms with Crippen molar-refractivity contribution in [1.29, 1.82) is 10.5 Å². The van der Waals surface area contributed by atoms with Gasteiger partial charge in [0.1, 0.15) is 5.75 Å². The Balaban J connectivity index is 1.83. The van der Waals surface area contributed by atoms with E-state index >= 15 is 0 Å². The molecule has 1 N–H and O–H groups in total. The summed E-state index contributed by atoms with van der Waals surface area (Å²) in [6, 6.07) is 15.1. The summed E-state index contributed by atoms with van der Waals surface area (Å²) in [6.07, 6.45) is 1.16. The number of nitriles is 2. The quantitative estimate of drug-likeness (QED) is 0.615. The van der Waals surface area contributed by atoms with Gasteiger partial charge in [-0.25, -0.2) is 0 Å². The third kappa shape index (κ3) is 4.98. The minimum Gasteiger partial charge on any atom is -0.423 e. The normalized spacial score (nSPS) is 10.1. The molecule has 1 aromatic heterocycles. The second-order valence-electron chi connectivity index (χ2n) is 6.37. The molecule has 2 aromatic carbocycles. The van der Waals surface area contributed by atoms with Crippen LogP contribution in [0.5, 0.6) is 11.8 Å². The third-order valence-electron chi connectivity index (χ3n) is 4.14. The predicted molar refractivity (Wildman–Crippen MR) is 109 cm³/mol. The average molecular weight is 405 g/mol. The number of hydrogen-bond donors (Lipinski definition) is 1. The van der Waals surface area contributed by atoms with E-state index in [4.69, 9.17) is 26.9 Å². The summed E-state index contributed by atoms with van der Waals surface area (Å²) < 4.78 is 5.88. The van der Waals surface area contributed by atoms with Gasteiger partial charge in [0.25, 0.3) is 0 Å². The maximum absolute atomic E-state index is 8.89. The Hall–Kier alpha value is -3.68. The van der Waals surface area contributed by atoms with Gasteiger partial charge in [0.15, 0.2) is 11.0 Å². The molecule has 8 heteroatoms. The molecule has 0 aliphatic rings. The predicted octanol–water partition coefficient (Wildman–Crippen LogP) is 5.01. The molecule has 29 heavy (non-hydrogen) atoms. The van der Waals surface area contributed by atoms with Gasteiger partial charge in [0.05, 0.1) is 17.7 Å². The van der Waals surface area contributed by atoms with Crippen molar-refractivity contribution in [3.63, 3.8) is 0 Å². The zero-order valence-electron chi connectivity index (χ0n) is 15.9. The summed E-state index contributed by atoms with van der Waals surface area (Å²) in [6.45, 7) is 3.86. The molecule has 0 atom stereocenters. The van der Waals surface area contributed by atoms with Crippen molar-refractivity contribution in [2.24, 2.45) is 0 Å². The van der Waals surface area contributed by atoms with Crippen molar-refractivity contribution in [3.8, 4) is 23.9 Å². The van der Waals surface area contributed by atoms with Crippen LogP contribution in [0, 0.1) is 36.5 Å². The van der Waals surface area contributed by atoms with E-state index in [0.29, 0.717) is 35.7 Å². The second-order valence-corrected chi connectivity index (χ2v) is 6.72. The molecule has 0 bridgehead atoms. The Kier molecular flexibility index (Phi) is 6.23. The average Bonchev–Trinajstić information content (AvgIpc) is 2.72. The minimum atomic E-state index is 0.0570. The summed E-state index contributed by atoms with van der Waals surface area (Å²) in [7, 11) is 0. The minimum absolute atomic E-state index is 0.0570. The molecule has 0 unspecified atom stereocenters. The molecule has 3 aromatic rings. The summed E-state index contributed by atoms with van der Waals surface area (Å²) in [5, 5.41) is 28.6. The van der Waals surface area contributed by atoms with Gasteiger partial charge < -0.3 is 10.1 Å². The van der Waals surface area contributed by atoms with E-state index in [2.05, 4.69) is 32.6 Å². The zero-order valence-corrected chi connectivity index (χ0v) is 16.7. The summed E-state index contributed by atoms with van der Waals surface area (Å²) >= 11 is 6.11. The van der Waals surface area contributed by atoms with Gasteiger partial charge in [0, 0.05) is 12.1 Å². The van der Waals surface area contributed by atoms with Crippen LogP contribution in [0.4, 0.5) is 11.5 Å². The van der Waals surface area contributed by atoms with Gasteiger partial charge >= 0.3 is 6.01 Å². The molecule has 0 amide bonds. The lowest BCUT2D eigenvalue weighted by Crippen LogP contribution is -2.03. The van der Waals surface area contributed by atoms with E-state index < -0.39 is 0 Å². The van der Waals surface area contributed by atoms with Crippen LogP contribution < -0.4 is 10.1 Å². The molecule has 0 spiro atoms. The van der Waals surface area contributed by atoms with E-state index in [1.54, 1.807) is 24.3 Å². The highest BCUT2D eigenvalue weighted by molar-refractivity contribution is 6.31. The molecule has 0 saturated heterocycles.